The minimum Gasteiger partial charge on any atom is -0.444 e. The number of hydrogen-bond acceptors (Lipinski definition) is 5. The second-order valence-electron chi connectivity index (χ2n) is 14.9. The summed E-state index contributed by atoms with van der Waals surface area (Å²) in [5.41, 5.74) is 4.15. The maximum absolute atomic E-state index is 13.8. The first-order valence-corrected chi connectivity index (χ1v) is 20.6. The highest BCUT2D eigenvalue weighted by molar-refractivity contribution is 7.89. The molecule has 0 aliphatic carbocycles. The number of fused-ring (bicyclic) bond motifs is 2. The molecule has 9 nitrogen and oxygen atoms in total. The van der Waals surface area contributed by atoms with E-state index in [0.29, 0.717) is 59.8 Å². The first-order chi connectivity index (χ1) is 21.9. The van der Waals surface area contributed by atoms with Gasteiger partial charge < -0.3 is 18.8 Å². The van der Waals surface area contributed by atoms with Crippen molar-refractivity contribution < 1.29 is 22.7 Å². The number of anilines is 1. The molecule has 256 valence electrons. The fourth-order valence-corrected chi connectivity index (χ4v) is 16.2. The Morgan fingerprint density at radius 3 is 2.26 bits per heavy atom. The summed E-state index contributed by atoms with van der Waals surface area (Å²) in [4.78, 5) is 29.8. The van der Waals surface area contributed by atoms with Gasteiger partial charge in [0.15, 0.2) is 8.24 Å². The standard InChI is InChI=1S/C35H49ClN4O5SSi/c1-22(2)47(23(3)4,24(5)6)40-21-30(36)29-13-12-28(19-32(29)40)46(43,44)37-31-15-17-39(33(31)41)27-11-10-25-14-16-38(20-26(25)18-27)34(42)45-35(7,8)9/h10-13,18-19,21-24,31,37H,14-17,20H2,1-9H3/t31-/m0/s1. The molecular weight excluding hydrogens is 652 g/mol. The van der Waals surface area contributed by atoms with Crippen molar-refractivity contribution in [2.24, 2.45) is 0 Å². The van der Waals surface area contributed by atoms with Crippen molar-refractivity contribution in [3.05, 3.63) is 58.7 Å². The maximum Gasteiger partial charge on any atom is 0.410 e. The van der Waals surface area contributed by atoms with Crippen LogP contribution in [-0.4, -0.2) is 62.5 Å². The molecule has 0 unspecified atom stereocenters. The third-order valence-electron chi connectivity index (χ3n) is 9.90. The summed E-state index contributed by atoms with van der Waals surface area (Å²) in [6.45, 7) is 20.4. The van der Waals surface area contributed by atoms with E-state index >= 15 is 0 Å². The molecule has 1 saturated heterocycles. The number of hydrogen-bond donors (Lipinski definition) is 1. The van der Waals surface area contributed by atoms with Gasteiger partial charge >= 0.3 is 6.09 Å². The quantitative estimate of drug-likeness (QED) is 0.243. The fourth-order valence-electron chi connectivity index (χ4n) is 7.98. The van der Waals surface area contributed by atoms with Gasteiger partial charge in [-0.05, 0) is 85.6 Å². The van der Waals surface area contributed by atoms with Gasteiger partial charge in [0, 0.05) is 42.4 Å². The summed E-state index contributed by atoms with van der Waals surface area (Å²) in [6.07, 6.45) is 2.66. The van der Waals surface area contributed by atoms with E-state index in [1.165, 1.54) is 0 Å². The average molecular weight is 701 g/mol. The number of carbonyl (C=O) groups is 2. The second-order valence-corrected chi connectivity index (χ2v) is 22.8. The molecule has 3 aromatic rings. The van der Waals surface area contributed by atoms with Crippen molar-refractivity contribution >= 4 is 58.5 Å². The van der Waals surface area contributed by atoms with Gasteiger partial charge in [0.2, 0.25) is 15.9 Å². The zero-order valence-electron chi connectivity index (χ0n) is 29.1. The largest absolute Gasteiger partial charge is 0.444 e. The fraction of sp³-hybridized carbons (Fsp3) is 0.543. The molecule has 1 N–H and O–H groups in total. The van der Waals surface area contributed by atoms with Crippen LogP contribution in [0.3, 0.4) is 0 Å². The SMILES string of the molecule is CC(C)[Si](C(C)C)(C(C)C)n1cc(Cl)c2ccc(S(=O)(=O)N[C@H]3CCN(c4ccc5c(c4)CN(C(=O)OC(C)(C)C)CC5)C3=O)cc21. The molecule has 0 radical (unpaired) electrons. The summed E-state index contributed by atoms with van der Waals surface area (Å²) in [7, 11) is -6.26. The highest BCUT2D eigenvalue weighted by atomic mass is 35.5. The number of ether oxygens (including phenoxy) is 1. The number of nitrogens with one attached hydrogen (secondary N) is 1. The molecule has 5 rings (SSSR count). The number of rotatable bonds is 8. The van der Waals surface area contributed by atoms with E-state index in [-0.39, 0.29) is 16.9 Å². The number of sulfonamides is 1. The van der Waals surface area contributed by atoms with Crippen LogP contribution in [0.1, 0.15) is 79.9 Å². The van der Waals surface area contributed by atoms with Crippen molar-refractivity contribution in [2.45, 2.75) is 115 Å². The molecule has 12 heteroatoms. The van der Waals surface area contributed by atoms with E-state index in [9.17, 15) is 18.0 Å². The Labute approximate surface area is 285 Å². The Morgan fingerprint density at radius 1 is 0.979 bits per heavy atom. The van der Waals surface area contributed by atoms with Crippen LogP contribution >= 0.6 is 11.6 Å². The number of carbonyl (C=O) groups excluding carboxylic acids is 2. The van der Waals surface area contributed by atoms with E-state index in [2.05, 4.69) is 50.5 Å². The van der Waals surface area contributed by atoms with Crippen LogP contribution in [0.2, 0.25) is 21.6 Å². The lowest BCUT2D eigenvalue weighted by atomic mass is 9.99. The molecule has 2 amide bonds. The van der Waals surface area contributed by atoms with Crippen LogP contribution in [0.5, 0.6) is 0 Å². The van der Waals surface area contributed by atoms with Crippen molar-refractivity contribution in [3.8, 4) is 0 Å². The zero-order valence-corrected chi connectivity index (χ0v) is 31.6. The highest BCUT2D eigenvalue weighted by Gasteiger charge is 2.46. The predicted octanol–water partition coefficient (Wildman–Crippen LogP) is 7.70. The molecule has 0 bridgehead atoms. The average Bonchev–Trinajstić information content (AvgIpc) is 3.49. The summed E-state index contributed by atoms with van der Waals surface area (Å²) in [5, 5.41) is 1.43. The summed E-state index contributed by atoms with van der Waals surface area (Å²) in [5.74, 6) is -0.299. The van der Waals surface area contributed by atoms with Crippen LogP contribution in [0.4, 0.5) is 10.5 Å². The first kappa shape index (κ1) is 35.4. The third kappa shape index (κ3) is 6.60. The normalized spacial score (nSPS) is 17.8. The summed E-state index contributed by atoms with van der Waals surface area (Å²) < 4.78 is 38.2. The number of benzene rings is 2. The highest BCUT2D eigenvalue weighted by Crippen LogP contribution is 2.45. The predicted molar refractivity (Wildman–Crippen MR) is 191 cm³/mol. The summed E-state index contributed by atoms with van der Waals surface area (Å²) >= 11 is 6.75. The lowest BCUT2D eigenvalue weighted by Crippen LogP contribution is -2.51. The number of amides is 2. The minimum absolute atomic E-state index is 0.113. The van der Waals surface area contributed by atoms with Gasteiger partial charge in [0.1, 0.15) is 11.6 Å². The monoisotopic (exact) mass is 700 g/mol. The van der Waals surface area contributed by atoms with E-state index in [1.807, 2.05) is 45.2 Å². The number of halogens is 1. The smallest absolute Gasteiger partial charge is 0.410 e. The second kappa shape index (κ2) is 12.9. The van der Waals surface area contributed by atoms with Gasteiger partial charge in [-0.1, -0.05) is 65.3 Å². The van der Waals surface area contributed by atoms with E-state index in [4.69, 9.17) is 16.3 Å². The molecule has 3 heterocycles. The molecule has 2 aromatic carbocycles. The number of aromatic nitrogens is 1. The topological polar surface area (TPSA) is 101 Å². The van der Waals surface area contributed by atoms with Gasteiger partial charge in [-0.2, -0.15) is 4.72 Å². The Kier molecular flexibility index (Phi) is 9.71. The van der Waals surface area contributed by atoms with Gasteiger partial charge in [-0.15, -0.1) is 0 Å². The van der Waals surface area contributed by atoms with Gasteiger partial charge in [0.25, 0.3) is 0 Å². The van der Waals surface area contributed by atoms with Gasteiger partial charge in [-0.3, -0.25) is 4.79 Å². The van der Waals surface area contributed by atoms with Crippen molar-refractivity contribution in [1.29, 1.82) is 0 Å². The Hall–Kier alpha value is -2.86. The van der Waals surface area contributed by atoms with Gasteiger partial charge in [0.05, 0.1) is 9.92 Å². The van der Waals surface area contributed by atoms with E-state index < -0.39 is 29.9 Å². The molecule has 0 saturated carbocycles. The van der Waals surface area contributed by atoms with Crippen molar-refractivity contribution in [3.63, 3.8) is 0 Å². The van der Waals surface area contributed by atoms with E-state index in [1.54, 1.807) is 28.0 Å². The van der Waals surface area contributed by atoms with Crippen LogP contribution in [0.15, 0.2) is 47.5 Å². The molecule has 1 fully saturated rings. The van der Waals surface area contributed by atoms with Crippen molar-refractivity contribution in [1.82, 2.24) is 13.9 Å². The van der Waals surface area contributed by atoms with Crippen LogP contribution < -0.4 is 9.62 Å². The molecular formula is C35H49ClN4O5SSi. The summed E-state index contributed by atoms with van der Waals surface area (Å²) in [6, 6.07) is 10.00. The molecule has 0 spiro atoms. The van der Waals surface area contributed by atoms with Crippen molar-refractivity contribution in [2.75, 3.05) is 18.0 Å². The lowest BCUT2D eigenvalue weighted by Gasteiger charge is -2.44. The van der Waals surface area contributed by atoms with Crippen LogP contribution in [-0.2, 0) is 32.5 Å². The minimum atomic E-state index is -4.03. The van der Waals surface area contributed by atoms with Crippen LogP contribution in [0, 0.1) is 0 Å². The molecule has 1 atom stereocenters. The molecule has 2 aliphatic heterocycles. The number of nitrogens with zero attached hydrogens (tertiary/aromatic N) is 3. The molecule has 47 heavy (non-hydrogen) atoms. The maximum atomic E-state index is 13.8. The van der Waals surface area contributed by atoms with Crippen LogP contribution in [0.25, 0.3) is 10.9 Å². The molecule has 2 aliphatic rings. The molecule has 1 aromatic heterocycles. The zero-order chi connectivity index (χ0) is 34.6. The Morgan fingerprint density at radius 2 is 1.64 bits per heavy atom. The third-order valence-corrected chi connectivity index (χ3v) is 18.4. The van der Waals surface area contributed by atoms with E-state index in [0.717, 1.165) is 22.0 Å². The lowest BCUT2D eigenvalue weighted by molar-refractivity contribution is -0.118. The Bertz CT molecular complexity index is 1780. The first-order valence-electron chi connectivity index (χ1n) is 16.6. The Balaban J connectivity index is 1.38. The van der Waals surface area contributed by atoms with Gasteiger partial charge in [-0.25, -0.2) is 13.2 Å².